The number of hydrogen-bond donors (Lipinski definition) is 1. The Morgan fingerprint density at radius 2 is 2.25 bits per heavy atom. The second kappa shape index (κ2) is 4.39. The molecule has 0 amide bonds. The molecule has 0 aromatic carbocycles. The van der Waals surface area contributed by atoms with Crippen molar-refractivity contribution in [3.05, 3.63) is 27.1 Å². The Morgan fingerprint density at radius 1 is 1.67 bits per heavy atom. The van der Waals surface area contributed by atoms with E-state index in [2.05, 4.69) is 0 Å². The van der Waals surface area contributed by atoms with Gasteiger partial charge in [-0.3, -0.25) is 10.1 Å². The van der Waals surface area contributed by atoms with E-state index in [1.165, 1.54) is 6.07 Å². The third kappa shape index (κ3) is 2.44. The summed E-state index contributed by atoms with van der Waals surface area (Å²) in [6.45, 7) is 1.80. The number of rotatable bonds is 2. The number of nitro groups is 1. The van der Waals surface area contributed by atoms with Crippen LogP contribution in [0.15, 0.2) is 12.1 Å². The van der Waals surface area contributed by atoms with Crippen molar-refractivity contribution in [2.24, 2.45) is 5.73 Å². The van der Waals surface area contributed by atoms with Gasteiger partial charge in [-0.05, 0) is 13.0 Å². The van der Waals surface area contributed by atoms with Crippen LogP contribution >= 0.6 is 23.7 Å². The molecule has 0 saturated carbocycles. The van der Waals surface area contributed by atoms with Crippen molar-refractivity contribution in [3.63, 3.8) is 0 Å². The van der Waals surface area contributed by atoms with Gasteiger partial charge in [0.2, 0.25) is 0 Å². The Morgan fingerprint density at radius 3 is 2.50 bits per heavy atom. The zero-order chi connectivity index (χ0) is 8.43. The molecule has 12 heavy (non-hydrogen) atoms. The van der Waals surface area contributed by atoms with Crippen molar-refractivity contribution in [2.45, 2.75) is 13.0 Å². The van der Waals surface area contributed by atoms with Gasteiger partial charge >= 0.3 is 5.00 Å². The molecule has 4 nitrogen and oxygen atoms in total. The van der Waals surface area contributed by atoms with Gasteiger partial charge in [0.25, 0.3) is 0 Å². The fourth-order valence-electron chi connectivity index (χ4n) is 0.685. The fourth-order valence-corrected chi connectivity index (χ4v) is 1.46. The molecule has 0 radical (unpaired) electrons. The van der Waals surface area contributed by atoms with Crippen LogP contribution in [-0.4, -0.2) is 4.92 Å². The lowest BCUT2D eigenvalue weighted by Crippen LogP contribution is -2.01. The number of thiophene rings is 1. The van der Waals surface area contributed by atoms with Crippen molar-refractivity contribution in [3.8, 4) is 0 Å². The maximum Gasteiger partial charge on any atom is 0.324 e. The summed E-state index contributed by atoms with van der Waals surface area (Å²) in [4.78, 5) is 10.6. The normalized spacial score (nSPS) is 11.8. The number of nitrogens with two attached hydrogens (primary N) is 1. The molecule has 6 heteroatoms. The molecule has 0 aliphatic carbocycles. The Hall–Kier alpha value is -0.650. The summed E-state index contributed by atoms with van der Waals surface area (Å²) in [5, 5.41) is 10.4. The van der Waals surface area contributed by atoms with E-state index in [4.69, 9.17) is 5.73 Å². The minimum atomic E-state index is -0.406. The molecule has 0 saturated heterocycles. The first-order valence-electron chi connectivity index (χ1n) is 3.11. The van der Waals surface area contributed by atoms with E-state index in [0.29, 0.717) is 0 Å². The van der Waals surface area contributed by atoms with Gasteiger partial charge in [-0.1, -0.05) is 11.3 Å². The monoisotopic (exact) mass is 208 g/mol. The average molecular weight is 209 g/mol. The van der Waals surface area contributed by atoms with Crippen LogP contribution in [0.4, 0.5) is 5.00 Å². The van der Waals surface area contributed by atoms with Crippen LogP contribution < -0.4 is 5.73 Å². The minimum absolute atomic E-state index is 0. The predicted octanol–water partition coefficient (Wildman–Crippen LogP) is 2.10. The molecule has 0 bridgehead atoms. The highest BCUT2D eigenvalue weighted by Crippen LogP contribution is 2.27. The molecule has 0 aliphatic rings. The van der Waals surface area contributed by atoms with Crippen LogP contribution in [0.2, 0.25) is 0 Å². The molecule has 1 aromatic heterocycles. The van der Waals surface area contributed by atoms with Gasteiger partial charge in [-0.25, -0.2) is 0 Å². The van der Waals surface area contributed by atoms with Crippen molar-refractivity contribution in [2.75, 3.05) is 0 Å². The highest BCUT2D eigenvalue weighted by atomic mass is 35.5. The van der Waals surface area contributed by atoms with Crippen LogP contribution in [0, 0.1) is 10.1 Å². The van der Waals surface area contributed by atoms with E-state index in [-0.39, 0.29) is 23.4 Å². The van der Waals surface area contributed by atoms with E-state index in [0.717, 1.165) is 16.2 Å². The quantitative estimate of drug-likeness (QED) is 0.598. The standard InChI is InChI=1S/C6H8N2O2S.ClH/c1-4(7)5-2-3-6(11-5)8(9)10;/h2-4H,7H2,1H3;1H/t4-;/m1./s1. The predicted molar refractivity (Wildman–Crippen MR) is 50.8 cm³/mol. The second-order valence-electron chi connectivity index (χ2n) is 2.22. The second-order valence-corrected chi connectivity index (χ2v) is 3.32. The molecule has 1 aromatic rings. The minimum Gasteiger partial charge on any atom is -0.324 e. The van der Waals surface area contributed by atoms with Crippen LogP contribution in [0.1, 0.15) is 17.8 Å². The molecule has 68 valence electrons. The van der Waals surface area contributed by atoms with Crippen LogP contribution in [0.5, 0.6) is 0 Å². The molecule has 2 N–H and O–H groups in total. The summed E-state index contributed by atoms with van der Waals surface area (Å²) in [5.74, 6) is 0. The SMILES string of the molecule is C[C@@H](N)c1ccc([N+](=O)[O-])s1.Cl. The van der Waals surface area contributed by atoms with Gasteiger partial charge in [-0.15, -0.1) is 12.4 Å². The van der Waals surface area contributed by atoms with E-state index >= 15 is 0 Å². The molecule has 0 aliphatic heterocycles. The summed E-state index contributed by atoms with van der Waals surface area (Å²) in [7, 11) is 0. The van der Waals surface area contributed by atoms with Gasteiger partial charge in [0.1, 0.15) is 0 Å². The van der Waals surface area contributed by atoms with Gasteiger partial charge < -0.3 is 5.73 Å². The summed E-state index contributed by atoms with van der Waals surface area (Å²) >= 11 is 1.12. The van der Waals surface area contributed by atoms with Gasteiger partial charge in [-0.2, -0.15) is 0 Å². The zero-order valence-corrected chi connectivity index (χ0v) is 8.02. The van der Waals surface area contributed by atoms with Gasteiger partial charge in [0, 0.05) is 17.0 Å². The maximum atomic E-state index is 10.2. The lowest BCUT2D eigenvalue weighted by molar-refractivity contribution is -0.380. The molecule has 1 atom stereocenters. The van der Waals surface area contributed by atoms with Crippen LogP contribution in [-0.2, 0) is 0 Å². The summed E-state index contributed by atoms with van der Waals surface area (Å²) in [6, 6.07) is 3.05. The average Bonchev–Trinajstić information content (AvgIpc) is 2.33. The molecular formula is C6H9ClN2O2S. The molecule has 0 unspecified atom stereocenters. The lowest BCUT2D eigenvalue weighted by Gasteiger charge is -1.96. The largest absolute Gasteiger partial charge is 0.324 e. The number of nitrogens with zero attached hydrogens (tertiary/aromatic N) is 1. The Bertz CT molecular complexity index is 274. The van der Waals surface area contributed by atoms with E-state index in [9.17, 15) is 10.1 Å². The van der Waals surface area contributed by atoms with E-state index in [1.54, 1.807) is 13.0 Å². The zero-order valence-electron chi connectivity index (χ0n) is 6.39. The third-order valence-corrected chi connectivity index (χ3v) is 2.48. The first-order chi connectivity index (χ1) is 5.11. The molecule has 0 fully saturated rings. The smallest absolute Gasteiger partial charge is 0.324 e. The molecule has 1 heterocycles. The summed E-state index contributed by atoms with van der Waals surface area (Å²) < 4.78 is 0. The van der Waals surface area contributed by atoms with E-state index < -0.39 is 4.92 Å². The van der Waals surface area contributed by atoms with Crippen molar-refractivity contribution >= 4 is 28.7 Å². The van der Waals surface area contributed by atoms with Crippen molar-refractivity contribution < 1.29 is 4.92 Å². The topological polar surface area (TPSA) is 69.2 Å². The highest BCUT2D eigenvalue weighted by Gasteiger charge is 2.11. The van der Waals surface area contributed by atoms with Crippen LogP contribution in [0.25, 0.3) is 0 Å². The molecule has 1 rings (SSSR count). The van der Waals surface area contributed by atoms with E-state index in [1.807, 2.05) is 0 Å². The van der Waals surface area contributed by atoms with Crippen LogP contribution in [0.3, 0.4) is 0 Å². The number of hydrogen-bond acceptors (Lipinski definition) is 4. The number of halogens is 1. The van der Waals surface area contributed by atoms with Gasteiger partial charge in [0.05, 0.1) is 4.92 Å². The first kappa shape index (κ1) is 11.4. The first-order valence-corrected chi connectivity index (χ1v) is 3.92. The summed E-state index contributed by atoms with van der Waals surface area (Å²) in [6.07, 6.45) is 0. The van der Waals surface area contributed by atoms with Crippen molar-refractivity contribution in [1.29, 1.82) is 0 Å². The molecule has 0 spiro atoms. The highest BCUT2D eigenvalue weighted by molar-refractivity contribution is 7.15. The maximum absolute atomic E-state index is 10.2. The summed E-state index contributed by atoms with van der Waals surface area (Å²) in [5.41, 5.74) is 5.52. The molecular weight excluding hydrogens is 200 g/mol. The van der Waals surface area contributed by atoms with Crippen molar-refractivity contribution in [1.82, 2.24) is 0 Å². The third-order valence-electron chi connectivity index (χ3n) is 1.24. The Labute approximate surface area is 79.9 Å². The lowest BCUT2D eigenvalue weighted by atomic mass is 10.3. The fraction of sp³-hybridized carbons (Fsp3) is 0.333. The van der Waals surface area contributed by atoms with Gasteiger partial charge in [0.15, 0.2) is 0 Å². The Kier molecular flexibility index (Phi) is 4.16. The Balaban J connectivity index is 0.00000121.